The van der Waals surface area contributed by atoms with Gasteiger partial charge in [-0.3, -0.25) is 9.69 Å². The maximum Gasteiger partial charge on any atom is 0.337 e. The number of esters is 1. The zero-order chi connectivity index (χ0) is 28.2. The van der Waals surface area contributed by atoms with Gasteiger partial charge < -0.3 is 24.3 Å². The van der Waals surface area contributed by atoms with E-state index in [0.717, 1.165) is 57.0 Å². The van der Waals surface area contributed by atoms with Gasteiger partial charge in [0.1, 0.15) is 11.5 Å². The molecule has 220 valence electrons. The summed E-state index contributed by atoms with van der Waals surface area (Å²) in [5.74, 6) is 3.08. The third-order valence-electron chi connectivity index (χ3n) is 9.53. The van der Waals surface area contributed by atoms with Gasteiger partial charge in [0.15, 0.2) is 6.61 Å². The number of methoxy groups -OCH3 is 1. The van der Waals surface area contributed by atoms with Crippen LogP contribution >= 0.6 is 0 Å². The Kier molecular flexibility index (Phi) is 8.49. The molecule has 0 aromatic heterocycles. The average molecular weight is 563 g/mol. The van der Waals surface area contributed by atoms with E-state index in [4.69, 9.17) is 18.9 Å². The van der Waals surface area contributed by atoms with Crippen molar-refractivity contribution in [2.75, 3.05) is 58.5 Å². The third-order valence-corrected chi connectivity index (χ3v) is 9.53. The topological polar surface area (TPSA) is 86.3 Å². The number of anilines is 1. The number of nitrogens with one attached hydrogen (secondary N) is 1. The SMILES string of the molecule is COC(=O)c1ccc(OCCCN2CCOCC2)c(NC(=O)COc2ccc(C34CC5CC(CC(C5)C3)C4)cc2)c1. The third kappa shape index (κ3) is 6.54. The molecule has 1 heterocycles. The fourth-order valence-corrected chi connectivity index (χ4v) is 8.00. The molecule has 0 spiro atoms. The van der Waals surface area contributed by atoms with Crippen LogP contribution in [0, 0.1) is 17.8 Å². The Bertz CT molecular complexity index is 1190. The predicted octanol–water partition coefficient (Wildman–Crippen LogP) is 5.06. The molecule has 1 saturated heterocycles. The second-order valence-electron chi connectivity index (χ2n) is 12.4. The monoisotopic (exact) mass is 562 g/mol. The van der Waals surface area contributed by atoms with Crippen molar-refractivity contribution in [1.29, 1.82) is 0 Å². The number of hydrogen-bond donors (Lipinski definition) is 1. The fourth-order valence-electron chi connectivity index (χ4n) is 8.00. The first-order chi connectivity index (χ1) is 20.0. The molecule has 5 aliphatic rings. The second-order valence-corrected chi connectivity index (χ2v) is 12.4. The van der Waals surface area contributed by atoms with E-state index in [1.165, 1.54) is 51.2 Å². The number of benzene rings is 2. The molecule has 8 heteroatoms. The van der Waals surface area contributed by atoms with Crippen molar-refractivity contribution < 1.29 is 28.5 Å². The van der Waals surface area contributed by atoms with Crippen LogP contribution in [0.5, 0.6) is 11.5 Å². The molecule has 7 rings (SSSR count). The molecule has 0 atom stereocenters. The van der Waals surface area contributed by atoms with Crippen molar-refractivity contribution in [3.63, 3.8) is 0 Å². The molecule has 4 aliphatic carbocycles. The molecule has 1 aliphatic heterocycles. The number of ether oxygens (including phenoxy) is 4. The summed E-state index contributed by atoms with van der Waals surface area (Å²) >= 11 is 0. The summed E-state index contributed by atoms with van der Waals surface area (Å²) in [6.45, 7) is 4.65. The summed E-state index contributed by atoms with van der Waals surface area (Å²) in [4.78, 5) is 27.4. The quantitative estimate of drug-likeness (QED) is 0.303. The molecule has 2 aromatic carbocycles. The van der Waals surface area contributed by atoms with E-state index in [1.807, 2.05) is 12.1 Å². The van der Waals surface area contributed by atoms with Crippen molar-refractivity contribution >= 4 is 17.6 Å². The molecular formula is C33H42N2O6. The lowest BCUT2D eigenvalue weighted by Crippen LogP contribution is -2.48. The van der Waals surface area contributed by atoms with Gasteiger partial charge in [0.25, 0.3) is 5.91 Å². The number of nitrogens with zero attached hydrogens (tertiary/aromatic N) is 1. The fraction of sp³-hybridized carbons (Fsp3) is 0.576. The maximum atomic E-state index is 12.9. The number of rotatable bonds is 11. The van der Waals surface area contributed by atoms with Crippen molar-refractivity contribution in [3.8, 4) is 11.5 Å². The van der Waals surface area contributed by atoms with E-state index in [2.05, 4.69) is 22.3 Å². The van der Waals surface area contributed by atoms with Crippen LogP contribution in [0.25, 0.3) is 0 Å². The molecule has 0 unspecified atom stereocenters. The van der Waals surface area contributed by atoms with Crippen LogP contribution in [0.4, 0.5) is 5.69 Å². The van der Waals surface area contributed by atoms with Gasteiger partial charge in [0.2, 0.25) is 0 Å². The molecule has 41 heavy (non-hydrogen) atoms. The summed E-state index contributed by atoms with van der Waals surface area (Å²) in [7, 11) is 1.33. The summed E-state index contributed by atoms with van der Waals surface area (Å²) in [5, 5.41) is 2.87. The predicted molar refractivity (Wildman–Crippen MR) is 156 cm³/mol. The Hall–Kier alpha value is -3.10. The molecule has 1 amide bonds. The van der Waals surface area contributed by atoms with Crippen molar-refractivity contribution in [2.24, 2.45) is 17.8 Å². The van der Waals surface area contributed by atoms with Gasteiger partial charge >= 0.3 is 5.97 Å². The minimum Gasteiger partial charge on any atom is -0.491 e. The Morgan fingerprint density at radius 3 is 2.29 bits per heavy atom. The van der Waals surface area contributed by atoms with E-state index in [0.29, 0.717) is 34.8 Å². The highest BCUT2D eigenvalue weighted by Gasteiger charge is 2.51. The molecule has 2 aromatic rings. The van der Waals surface area contributed by atoms with Gasteiger partial charge in [-0.1, -0.05) is 12.1 Å². The largest absolute Gasteiger partial charge is 0.491 e. The Morgan fingerprint density at radius 2 is 1.63 bits per heavy atom. The highest BCUT2D eigenvalue weighted by atomic mass is 16.5. The van der Waals surface area contributed by atoms with E-state index >= 15 is 0 Å². The smallest absolute Gasteiger partial charge is 0.337 e. The van der Waals surface area contributed by atoms with Crippen LogP contribution in [0.15, 0.2) is 42.5 Å². The van der Waals surface area contributed by atoms with Crippen LogP contribution in [0.2, 0.25) is 0 Å². The molecule has 8 nitrogen and oxygen atoms in total. The lowest BCUT2D eigenvalue weighted by molar-refractivity contribution is -0.118. The summed E-state index contributed by atoms with van der Waals surface area (Å²) in [5.41, 5.74) is 2.53. The number of carbonyl (C=O) groups is 2. The minimum atomic E-state index is -0.477. The number of morpholine rings is 1. The van der Waals surface area contributed by atoms with Gasteiger partial charge in [-0.2, -0.15) is 0 Å². The molecule has 0 radical (unpaired) electrons. The van der Waals surface area contributed by atoms with E-state index in [9.17, 15) is 9.59 Å². The van der Waals surface area contributed by atoms with Gasteiger partial charge in [0.05, 0.1) is 38.2 Å². The van der Waals surface area contributed by atoms with E-state index < -0.39 is 5.97 Å². The Labute approximate surface area is 242 Å². The molecule has 4 saturated carbocycles. The standard InChI is InChI=1S/C33H42N2O6/c1-38-32(37)26-3-8-30(40-12-2-9-35-10-13-39-14-11-35)29(18-26)34-31(36)22-41-28-6-4-27(5-7-28)33-19-23-15-24(20-33)17-25(16-23)21-33/h3-8,18,23-25H,2,9-17,19-22H2,1H3,(H,34,36). The number of hydrogen-bond acceptors (Lipinski definition) is 7. The summed E-state index contributed by atoms with van der Waals surface area (Å²) < 4.78 is 22.1. The zero-order valence-electron chi connectivity index (χ0n) is 24.1. The highest BCUT2D eigenvalue weighted by molar-refractivity contribution is 5.96. The molecular weight excluding hydrogens is 520 g/mol. The first kappa shape index (κ1) is 28.0. The van der Waals surface area contributed by atoms with Crippen molar-refractivity contribution in [2.45, 2.75) is 50.4 Å². The summed E-state index contributed by atoms with van der Waals surface area (Å²) in [6, 6.07) is 13.3. The molecule has 1 N–H and O–H groups in total. The molecule has 5 fully saturated rings. The Morgan fingerprint density at radius 1 is 0.951 bits per heavy atom. The lowest BCUT2D eigenvalue weighted by atomic mass is 9.48. The van der Waals surface area contributed by atoms with Crippen LogP contribution in [-0.4, -0.2) is 69.9 Å². The highest BCUT2D eigenvalue weighted by Crippen LogP contribution is 2.60. The number of carbonyl (C=O) groups excluding carboxylic acids is 2. The average Bonchev–Trinajstić information content (AvgIpc) is 2.98. The van der Waals surface area contributed by atoms with Crippen molar-refractivity contribution in [1.82, 2.24) is 4.90 Å². The van der Waals surface area contributed by atoms with Crippen LogP contribution in [0.3, 0.4) is 0 Å². The van der Waals surface area contributed by atoms with Gasteiger partial charge in [0, 0.05) is 19.6 Å². The van der Waals surface area contributed by atoms with Gasteiger partial charge in [-0.15, -0.1) is 0 Å². The lowest BCUT2D eigenvalue weighted by Gasteiger charge is -2.57. The zero-order valence-corrected chi connectivity index (χ0v) is 24.1. The minimum absolute atomic E-state index is 0.143. The van der Waals surface area contributed by atoms with Gasteiger partial charge in [-0.05, 0) is 104 Å². The van der Waals surface area contributed by atoms with Crippen LogP contribution in [0.1, 0.15) is 60.9 Å². The first-order valence-electron chi connectivity index (χ1n) is 15.2. The summed E-state index contributed by atoms with van der Waals surface area (Å²) in [6.07, 6.45) is 9.10. The second kappa shape index (κ2) is 12.4. The van der Waals surface area contributed by atoms with E-state index in [1.54, 1.807) is 18.2 Å². The molecule has 4 bridgehead atoms. The number of amides is 1. The van der Waals surface area contributed by atoms with E-state index in [-0.39, 0.29) is 12.5 Å². The normalized spacial score (nSPS) is 26.9. The van der Waals surface area contributed by atoms with Crippen LogP contribution in [-0.2, 0) is 19.7 Å². The Balaban J connectivity index is 1.04. The van der Waals surface area contributed by atoms with Gasteiger partial charge in [-0.25, -0.2) is 4.79 Å². The first-order valence-corrected chi connectivity index (χ1v) is 15.2. The van der Waals surface area contributed by atoms with Crippen LogP contribution < -0.4 is 14.8 Å². The maximum absolute atomic E-state index is 12.9. The van der Waals surface area contributed by atoms with Crippen molar-refractivity contribution in [3.05, 3.63) is 53.6 Å².